The number of amides is 3. The molecule has 9 heteroatoms. The van der Waals surface area contributed by atoms with Crippen LogP contribution in [0.15, 0.2) is 48.6 Å². The van der Waals surface area contributed by atoms with E-state index in [-0.39, 0.29) is 22.7 Å². The number of imide groups is 1. The highest BCUT2D eigenvalue weighted by Gasteiger charge is 2.59. The Hall–Kier alpha value is -3.36. The van der Waals surface area contributed by atoms with Crippen molar-refractivity contribution in [2.75, 3.05) is 26.2 Å². The summed E-state index contributed by atoms with van der Waals surface area (Å²) in [4.78, 5) is 36.2. The highest BCUT2D eigenvalue weighted by atomic mass is 35.5. The van der Waals surface area contributed by atoms with Crippen LogP contribution in [0, 0.1) is 5.82 Å². The molecule has 3 aromatic rings. The second-order valence-corrected chi connectivity index (χ2v) is 10.4. The van der Waals surface area contributed by atoms with Gasteiger partial charge in [-0.1, -0.05) is 35.9 Å². The highest BCUT2D eigenvalue weighted by molar-refractivity contribution is 6.31. The van der Waals surface area contributed by atoms with Gasteiger partial charge in [0.2, 0.25) is 0 Å². The van der Waals surface area contributed by atoms with E-state index in [9.17, 15) is 19.1 Å². The maximum atomic E-state index is 14.3. The lowest BCUT2D eigenvalue weighted by Gasteiger charge is -2.42. The maximum Gasteiger partial charge on any atom is 0.328 e. The monoisotopic (exact) mass is 508 g/mol. The van der Waals surface area contributed by atoms with Gasteiger partial charge in [0.05, 0.1) is 11.1 Å². The number of hydrogen-bond acceptors (Lipinski definition) is 4. The Morgan fingerprint density at radius 1 is 1.17 bits per heavy atom. The molecule has 7 nitrogen and oxygen atoms in total. The fourth-order valence-corrected chi connectivity index (χ4v) is 6.08. The molecular formula is C27H26ClFN4O3. The van der Waals surface area contributed by atoms with Crippen molar-refractivity contribution in [1.82, 2.24) is 19.7 Å². The van der Waals surface area contributed by atoms with E-state index in [1.807, 2.05) is 13.0 Å². The summed E-state index contributed by atoms with van der Waals surface area (Å²) in [5.74, 6) is -0.635. The van der Waals surface area contributed by atoms with Gasteiger partial charge in [0, 0.05) is 49.2 Å². The minimum atomic E-state index is -1.09. The number of carbonyl (C=O) groups is 2. The van der Waals surface area contributed by atoms with Gasteiger partial charge in [-0.25, -0.2) is 9.18 Å². The molecule has 0 aliphatic carbocycles. The number of aromatic nitrogens is 1. The second kappa shape index (κ2) is 8.35. The zero-order valence-electron chi connectivity index (χ0n) is 19.8. The van der Waals surface area contributed by atoms with Crippen LogP contribution in [0.4, 0.5) is 9.18 Å². The van der Waals surface area contributed by atoms with Crippen molar-refractivity contribution >= 4 is 34.4 Å². The molecule has 36 heavy (non-hydrogen) atoms. The molecule has 0 radical (unpaired) electrons. The Morgan fingerprint density at radius 3 is 2.69 bits per heavy atom. The van der Waals surface area contributed by atoms with E-state index in [1.54, 1.807) is 29.2 Å². The number of nitrogens with one attached hydrogen (secondary N) is 1. The molecule has 0 bridgehead atoms. The van der Waals surface area contributed by atoms with E-state index in [1.165, 1.54) is 11.0 Å². The molecule has 186 valence electrons. The molecule has 3 aliphatic heterocycles. The maximum absolute atomic E-state index is 14.3. The van der Waals surface area contributed by atoms with E-state index in [2.05, 4.69) is 22.0 Å². The zero-order chi connectivity index (χ0) is 25.2. The number of carbonyl (C=O) groups excluding carboxylic acids is 2. The van der Waals surface area contributed by atoms with E-state index < -0.39 is 17.4 Å². The van der Waals surface area contributed by atoms with Crippen molar-refractivity contribution in [3.05, 3.63) is 76.2 Å². The number of hydrogen-bond donors (Lipinski definition) is 2. The van der Waals surface area contributed by atoms with E-state index >= 15 is 0 Å². The summed E-state index contributed by atoms with van der Waals surface area (Å²) in [5.41, 5.74) is 1.93. The number of aromatic hydroxyl groups is 1. The summed E-state index contributed by atoms with van der Waals surface area (Å²) in [6.45, 7) is 4.36. The first-order chi connectivity index (χ1) is 17.3. The van der Waals surface area contributed by atoms with Crippen LogP contribution in [-0.4, -0.2) is 68.4 Å². The van der Waals surface area contributed by atoms with Gasteiger partial charge < -0.3 is 15.0 Å². The molecule has 1 unspecified atom stereocenters. The van der Waals surface area contributed by atoms with E-state index in [0.29, 0.717) is 31.4 Å². The first-order valence-corrected chi connectivity index (χ1v) is 12.4. The van der Waals surface area contributed by atoms with Crippen LogP contribution in [0.5, 0.6) is 5.75 Å². The third-order valence-corrected chi connectivity index (χ3v) is 7.98. The number of urea groups is 1. The van der Waals surface area contributed by atoms with Crippen LogP contribution in [-0.2, 0) is 17.6 Å². The Bertz CT molecular complexity index is 1430. The number of rotatable bonds is 5. The summed E-state index contributed by atoms with van der Waals surface area (Å²) in [5, 5.41) is 10.8. The molecule has 2 aromatic carbocycles. The van der Waals surface area contributed by atoms with Crippen LogP contribution in [0.2, 0.25) is 5.02 Å². The number of H-pyrrole nitrogens is 1. The summed E-state index contributed by atoms with van der Waals surface area (Å²) < 4.78 is 14.3. The minimum absolute atomic E-state index is 0.0103. The van der Waals surface area contributed by atoms with E-state index in [4.69, 9.17) is 11.6 Å². The van der Waals surface area contributed by atoms with Gasteiger partial charge in [-0.15, -0.1) is 0 Å². The van der Waals surface area contributed by atoms with Gasteiger partial charge in [0.1, 0.15) is 17.1 Å². The number of nitrogens with zero attached hydrogens (tertiary/aromatic N) is 3. The van der Waals surface area contributed by atoms with Gasteiger partial charge in [0.25, 0.3) is 5.91 Å². The normalized spacial score (nSPS) is 23.7. The van der Waals surface area contributed by atoms with Gasteiger partial charge in [-0.3, -0.25) is 14.6 Å². The molecule has 2 atom stereocenters. The van der Waals surface area contributed by atoms with Crippen LogP contribution in [0.25, 0.3) is 10.9 Å². The fourth-order valence-electron chi connectivity index (χ4n) is 5.92. The molecule has 1 saturated heterocycles. The topological polar surface area (TPSA) is 79.9 Å². The van der Waals surface area contributed by atoms with Gasteiger partial charge in [-0.2, -0.15) is 0 Å². The Morgan fingerprint density at radius 2 is 1.94 bits per heavy atom. The molecular weight excluding hydrogens is 483 g/mol. The van der Waals surface area contributed by atoms with Crippen LogP contribution < -0.4 is 0 Å². The first-order valence-electron chi connectivity index (χ1n) is 12.1. The van der Waals surface area contributed by atoms with Crippen LogP contribution in [0.1, 0.15) is 29.8 Å². The van der Waals surface area contributed by atoms with Crippen molar-refractivity contribution in [2.45, 2.75) is 31.3 Å². The molecule has 3 amide bonds. The second-order valence-electron chi connectivity index (χ2n) is 10.0. The lowest BCUT2D eigenvalue weighted by atomic mass is 9.81. The van der Waals surface area contributed by atoms with Crippen molar-refractivity contribution in [3.63, 3.8) is 0 Å². The number of halogens is 2. The van der Waals surface area contributed by atoms with Crippen LogP contribution in [0.3, 0.4) is 0 Å². The molecule has 0 saturated carbocycles. The predicted molar refractivity (Wildman–Crippen MR) is 134 cm³/mol. The Labute approximate surface area is 212 Å². The highest BCUT2D eigenvalue weighted by Crippen LogP contribution is 2.48. The quantitative estimate of drug-likeness (QED) is 0.395. The Balaban J connectivity index is 1.44. The van der Waals surface area contributed by atoms with Crippen LogP contribution >= 0.6 is 11.6 Å². The molecule has 4 heterocycles. The van der Waals surface area contributed by atoms with Crippen molar-refractivity contribution in [2.24, 2.45) is 0 Å². The summed E-state index contributed by atoms with van der Waals surface area (Å²) in [6.07, 6.45) is 4.83. The average Bonchev–Trinajstić information content (AvgIpc) is 3.51. The Kier molecular flexibility index (Phi) is 5.35. The molecule has 1 fully saturated rings. The third-order valence-electron chi connectivity index (χ3n) is 7.69. The number of benzene rings is 2. The van der Waals surface area contributed by atoms with Gasteiger partial charge in [-0.05, 0) is 48.7 Å². The van der Waals surface area contributed by atoms with Crippen molar-refractivity contribution in [1.29, 1.82) is 0 Å². The zero-order valence-corrected chi connectivity index (χ0v) is 20.6. The molecule has 2 N–H and O–H groups in total. The molecule has 1 aromatic heterocycles. The third kappa shape index (κ3) is 3.50. The van der Waals surface area contributed by atoms with Crippen molar-refractivity contribution in [3.8, 4) is 5.75 Å². The van der Waals surface area contributed by atoms with Crippen molar-refractivity contribution < 1.29 is 19.1 Å². The lowest BCUT2D eigenvalue weighted by molar-refractivity contribution is -0.133. The fraction of sp³-hybridized carbons (Fsp3) is 0.333. The summed E-state index contributed by atoms with van der Waals surface area (Å²) >= 11 is 6.13. The molecule has 0 spiro atoms. The van der Waals surface area contributed by atoms with Gasteiger partial charge in [0.15, 0.2) is 0 Å². The SMILES string of the molecule is C[C@@]12Cc3c([nH]c4cc(F)c(Cl)cc34)C(Cc3cccc(O)c3)N1C(=O)N(CCN1CC=CC1)C2=O. The minimum Gasteiger partial charge on any atom is -0.508 e. The smallest absolute Gasteiger partial charge is 0.328 e. The lowest BCUT2D eigenvalue weighted by Crippen LogP contribution is -2.53. The average molecular weight is 509 g/mol. The predicted octanol–water partition coefficient (Wildman–Crippen LogP) is 4.40. The number of phenolic OH excluding ortho intramolecular Hbond substituents is 1. The number of phenols is 1. The largest absolute Gasteiger partial charge is 0.508 e. The molecule has 6 rings (SSSR count). The summed E-state index contributed by atoms with van der Waals surface area (Å²) in [6, 6.07) is 8.99. The standard InChI is InChI=1S/C27H26ClFN4O3/c1-27-15-19-18-13-20(28)21(29)14-22(18)30-24(19)23(12-16-5-4-6-17(34)11-16)33(27)26(36)32(25(27)35)10-9-31-7-2-3-8-31/h2-6,11,13-14,23,30,34H,7-10,12,15H2,1H3/t23?,27-/m0/s1. The van der Waals surface area contributed by atoms with Gasteiger partial charge >= 0.3 is 6.03 Å². The first kappa shape index (κ1) is 23.1. The number of fused-ring (bicyclic) bond motifs is 4. The number of aromatic amines is 1. The van der Waals surface area contributed by atoms with E-state index in [0.717, 1.165) is 35.3 Å². The summed E-state index contributed by atoms with van der Waals surface area (Å²) in [7, 11) is 0. The molecule has 3 aliphatic rings.